The first-order valence-corrected chi connectivity index (χ1v) is 5.10. The lowest BCUT2D eigenvalue weighted by atomic mass is 10.2. The molecule has 17 heavy (non-hydrogen) atoms. The maximum Gasteiger partial charge on any atom is 0.331 e. The average Bonchev–Trinajstić information content (AvgIpc) is 2.27. The molecule has 0 amide bonds. The molecule has 0 saturated heterocycles. The smallest absolute Gasteiger partial charge is 0.296 e. The molecule has 0 spiro atoms. The van der Waals surface area contributed by atoms with Gasteiger partial charge in [0.25, 0.3) is 5.56 Å². The number of aromatic nitrogens is 2. The molecule has 0 aliphatic carbocycles. The van der Waals surface area contributed by atoms with Crippen LogP contribution in [0.1, 0.15) is 17.3 Å². The highest BCUT2D eigenvalue weighted by Gasteiger charge is 2.12. The Hall–Kier alpha value is -2.17. The molecule has 0 aliphatic rings. The molecule has 0 N–H and O–H groups in total. The second-order valence-electron chi connectivity index (χ2n) is 3.53. The molecule has 0 unspecified atom stereocenters. The van der Waals surface area contributed by atoms with Gasteiger partial charge in [0.2, 0.25) is 0 Å². The third-order valence-corrected chi connectivity index (χ3v) is 2.25. The van der Waals surface area contributed by atoms with Crippen LogP contribution in [0.5, 0.6) is 0 Å². The molecule has 0 aliphatic heterocycles. The van der Waals surface area contributed by atoms with E-state index in [-0.39, 0.29) is 24.4 Å². The standard InChI is InChI=1S/C12H14N2O3/c1-4-6-13-8-10(9(3)15)11(16)14(7-5-2)12(13)17/h4-5,8H,1-2,6-7H2,3H3. The fourth-order valence-electron chi connectivity index (χ4n) is 1.46. The minimum atomic E-state index is -0.581. The Balaban J connectivity index is 3.62. The number of carbonyl (C=O) groups excluding carboxylic acids is 1. The van der Waals surface area contributed by atoms with Gasteiger partial charge in [0, 0.05) is 19.3 Å². The molecule has 0 atom stereocenters. The third-order valence-electron chi connectivity index (χ3n) is 2.25. The van der Waals surface area contributed by atoms with Gasteiger partial charge < -0.3 is 0 Å². The maximum atomic E-state index is 11.9. The summed E-state index contributed by atoms with van der Waals surface area (Å²) >= 11 is 0. The van der Waals surface area contributed by atoms with E-state index >= 15 is 0 Å². The Labute approximate surface area is 98.3 Å². The molecule has 1 heterocycles. The summed E-state index contributed by atoms with van der Waals surface area (Å²) in [6.45, 7) is 8.61. The van der Waals surface area contributed by atoms with Crippen molar-refractivity contribution >= 4 is 5.78 Å². The molecular formula is C12H14N2O3. The first kappa shape index (κ1) is 12.9. The van der Waals surface area contributed by atoms with Crippen LogP contribution in [-0.2, 0) is 13.1 Å². The van der Waals surface area contributed by atoms with Crippen LogP contribution in [0.25, 0.3) is 0 Å². The molecule has 1 aromatic heterocycles. The van der Waals surface area contributed by atoms with Crippen LogP contribution in [0.3, 0.4) is 0 Å². The highest BCUT2D eigenvalue weighted by molar-refractivity contribution is 5.93. The predicted octanol–water partition coefficient (Wildman–Crippen LogP) is 0.585. The lowest BCUT2D eigenvalue weighted by Gasteiger charge is -2.08. The Bertz CT molecular complexity index is 578. The van der Waals surface area contributed by atoms with Crippen molar-refractivity contribution in [1.29, 1.82) is 0 Å². The number of nitrogens with zero attached hydrogens (tertiary/aromatic N) is 2. The minimum absolute atomic E-state index is 0.00620. The van der Waals surface area contributed by atoms with Crippen molar-refractivity contribution in [3.05, 3.63) is 57.9 Å². The predicted molar refractivity (Wildman–Crippen MR) is 65.4 cm³/mol. The monoisotopic (exact) mass is 234 g/mol. The number of allylic oxidation sites excluding steroid dienone is 2. The van der Waals surface area contributed by atoms with E-state index in [9.17, 15) is 14.4 Å². The van der Waals surface area contributed by atoms with Gasteiger partial charge in [0.15, 0.2) is 5.78 Å². The van der Waals surface area contributed by atoms with E-state index < -0.39 is 11.2 Å². The van der Waals surface area contributed by atoms with Crippen molar-refractivity contribution in [3.63, 3.8) is 0 Å². The molecule has 0 aromatic carbocycles. The number of hydrogen-bond acceptors (Lipinski definition) is 3. The summed E-state index contributed by atoms with van der Waals surface area (Å²) in [7, 11) is 0. The number of ketones is 1. The van der Waals surface area contributed by atoms with Gasteiger partial charge in [-0.05, 0) is 6.92 Å². The van der Waals surface area contributed by atoms with Gasteiger partial charge in [-0.25, -0.2) is 4.79 Å². The van der Waals surface area contributed by atoms with Gasteiger partial charge >= 0.3 is 5.69 Å². The fraction of sp³-hybridized carbons (Fsp3) is 0.250. The largest absolute Gasteiger partial charge is 0.331 e. The topological polar surface area (TPSA) is 61.1 Å². The summed E-state index contributed by atoms with van der Waals surface area (Å²) < 4.78 is 2.25. The van der Waals surface area contributed by atoms with E-state index in [1.54, 1.807) is 0 Å². The van der Waals surface area contributed by atoms with Crippen molar-refractivity contribution in [3.8, 4) is 0 Å². The Kier molecular flexibility index (Phi) is 3.98. The molecule has 5 nitrogen and oxygen atoms in total. The molecule has 1 rings (SSSR count). The molecular weight excluding hydrogens is 220 g/mol. The zero-order chi connectivity index (χ0) is 13.0. The van der Waals surface area contributed by atoms with Crippen molar-refractivity contribution in [1.82, 2.24) is 9.13 Å². The van der Waals surface area contributed by atoms with E-state index in [0.29, 0.717) is 0 Å². The van der Waals surface area contributed by atoms with Crippen LogP contribution >= 0.6 is 0 Å². The number of hydrogen-bond donors (Lipinski definition) is 0. The highest BCUT2D eigenvalue weighted by atomic mass is 16.2. The number of Topliss-reactive ketones (excluding diaryl/α,β-unsaturated/α-hetero) is 1. The molecule has 0 radical (unpaired) electrons. The lowest BCUT2D eigenvalue weighted by Crippen LogP contribution is -2.41. The second kappa shape index (κ2) is 5.25. The molecule has 5 heteroatoms. The van der Waals surface area contributed by atoms with Crippen molar-refractivity contribution in [2.45, 2.75) is 20.0 Å². The van der Waals surface area contributed by atoms with E-state index in [1.165, 1.54) is 29.8 Å². The molecule has 0 fully saturated rings. The fourth-order valence-corrected chi connectivity index (χ4v) is 1.46. The van der Waals surface area contributed by atoms with E-state index in [1.807, 2.05) is 0 Å². The van der Waals surface area contributed by atoms with Crippen LogP contribution in [0, 0.1) is 0 Å². The second-order valence-corrected chi connectivity index (χ2v) is 3.53. The summed E-state index contributed by atoms with van der Waals surface area (Å²) in [4.78, 5) is 35.0. The number of rotatable bonds is 5. The lowest BCUT2D eigenvalue weighted by molar-refractivity contribution is 0.101. The minimum Gasteiger partial charge on any atom is -0.296 e. The number of carbonyl (C=O) groups is 1. The van der Waals surface area contributed by atoms with Gasteiger partial charge in [0.1, 0.15) is 0 Å². The molecule has 0 bridgehead atoms. The average molecular weight is 234 g/mol. The van der Waals surface area contributed by atoms with Crippen LogP contribution in [0.15, 0.2) is 41.1 Å². The summed E-state index contributed by atoms with van der Waals surface area (Å²) in [6, 6.07) is 0. The first-order valence-electron chi connectivity index (χ1n) is 5.10. The molecule has 90 valence electrons. The first-order chi connectivity index (χ1) is 8.02. The highest BCUT2D eigenvalue weighted by Crippen LogP contribution is 1.92. The van der Waals surface area contributed by atoms with Gasteiger partial charge in [-0.1, -0.05) is 12.2 Å². The Morgan fingerprint density at radius 2 is 1.88 bits per heavy atom. The SMILES string of the molecule is C=CCn1cc(C(C)=O)c(=O)n(CC=C)c1=O. The van der Waals surface area contributed by atoms with Crippen LogP contribution in [0.4, 0.5) is 0 Å². The summed E-state index contributed by atoms with van der Waals surface area (Å²) in [5.74, 6) is -0.370. The Morgan fingerprint density at radius 1 is 1.29 bits per heavy atom. The molecule has 0 saturated carbocycles. The summed E-state index contributed by atoms with van der Waals surface area (Å²) in [5, 5.41) is 0. The van der Waals surface area contributed by atoms with Gasteiger partial charge in [-0.15, -0.1) is 13.2 Å². The van der Waals surface area contributed by atoms with Crippen molar-refractivity contribution in [2.24, 2.45) is 0 Å². The zero-order valence-corrected chi connectivity index (χ0v) is 9.68. The van der Waals surface area contributed by atoms with E-state index in [4.69, 9.17) is 0 Å². The van der Waals surface area contributed by atoms with Gasteiger partial charge in [0.05, 0.1) is 5.56 Å². The third kappa shape index (κ3) is 2.50. The normalized spacial score (nSPS) is 9.94. The summed E-state index contributed by atoms with van der Waals surface area (Å²) in [5.41, 5.74) is -1.06. The van der Waals surface area contributed by atoms with Crippen LogP contribution < -0.4 is 11.2 Å². The molecule has 1 aromatic rings. The summed E-state index contributed by atoms with van der Waals surface area (Å²) in [6.07, 6.45) is 4.23. The van der Waals surface area contributed by atoms with Gasteiger partial charge in [-0.3, -0.25) is 18.7 Å². The van der Waals surface area contributed by atoms with E-state index in [0.717, 1.165) is 4.57 Å². The quantitative estimate of drug-likeness (QED) is 0.553. The van der Waals surface area contributed by atoms with Crippen LogP contribution in [0.2, 0.25) is 0 Å². The van der Waals surface area contributed by atoms with Gasteiger partial charge in [-0.2, -0.15) is 0 Å². The van der Waals surface area contributed by atoms with Crippen molar-refractivity contribution < 1.29 is 4.79 Å². The zero-order valence-electron chi connectivity index (χ0n) is 9.68. The maximum absolute atomic E-state index is 11.9. The van der Waals surface area contributed by atoms with Crippen LogP contribution in [-0.4, -0.2) is 14.9 Å². The Morgan fingerprint density at radius 3 is 2.35 bits per heavy atom. The van der Waals surface area contributed by atoms with Crippen molar-refractivity contribution in [2.75, 3.05) is 0 Å². The van der Waals surface area contributed by atoms with E-state index in [2.05, 4.69) is 13.2 Å².